The third-order valence-electron chi connectivity index (χ3n) is 4.58. The third kappa shape index (κ3) is 3.73. The zero-order valence-electron chi connectivity index (χ0n) is 14.7. The molecule has 0 N–H and O–H groups in total. The Labute approximate surface area is 150 Å². The van der Waals surface area contributed by atoms with E-state index in [9.17, 15) is 9.59 Å². The van der Waals surface area contributed by atoms with Gasteiger partial charge in [-0.15, -0.1) is 11.3 Å². The molecule has 1 fully saturated rings. The summed E-state index contributed by atoms with van der Waals surface area (Å²) in [5.74, 6) is 0.760. The molecule has 134 valence electrons. The monoisotopic (exact) mass is 362 g/mol. The second-order valence-electron chi connectivity index (χ2n) is 6.27. The van der Waals surface area contributed by atoms with Gasteiger partial charge in [-0.05, 0) is 27.2 Å². The van der Waals surface area contributed by atoms with Crippen molar-refractivity contribution in [2.45, 2.75) is 33.6 Å². The predicted molar refractivity (Wildman–Crippen MR) is 93.6 cm³/mol. The molecule has 0 saturated carbocycles. The molecule has 3 rings (SSSR count). The molecule has 7 nitrogen and oxygen atoms in total. The van der Waals surface area contributed by atoms with Crippen LogP contribution in [0, 0.1) is 20.8 Å². The molecule has 0 bridgehead atoms. The molecule has 1 saturated heterocycles. The minimum absolute atomic E-state index is 0.0139. The summed E-state index contributed by atoms with van der Waals surface area (Å²) in [6.07, 6.45) is 1.07. The van der Waals surface area contributed by atoms with Gasteiger partial charge in [-0.1, -0.05) is 5.16 Å². The number of carbonyl (C=O) groups is 2. The quantitative estimate of drug-likeness (QED) is 0.834. The van der Waals surface area contributed by atoms with Gasteiger partial charge in [0.1, 0.15) is 10.6 Å². The molecular formula is C17H22N4O3S. The molecule has 2 aromatic rings. The van der Waals surface area contributed by atoms with Gasteiger partial charge in [-0.2, -0.15) is 0 Å². The number of rotatable bonds is 3. The van der Waals surface area contributed by atoms with Gasteiger partial charge in [0.05, 0.1) is 23.3 Å². The van der Waals surface area contributed by atoms with E-state index in [4.69, 9.17) is 4.52 Å². The number of hydrogen-bond donors (Lipinski definition) is 0. The Balaban J connectivity index is 1.62. The largest absolute Gasteiger partial charge is 0.361 e. The normalized spacial score (nSPS) is 15.3. The first-order valence-electron chi connectivity index (χ1n) is 8.36. The number of aromatic nitrogens is 2. The van der Waals surface area contributed by atoms with Crippen LogP contribution >= 0.6 is 11.3 Å². The standard InChI is InChI=1S/C17H22N4O3S/c1-11-14(13(3)24-19-11)9-15(22)20-5-4-6-21(8-7-20)17(23)16-12(2)18-10-25-16/h10H,4-9H2,1-3H3. The summed E-state index contributed by atoms with van der Waals surface area (Å²) in [6.45, 7) is 7.93. The second kappa shape index (κ2) is 7.35. The average molecular weight is 362 g/mol. The van der Waals surface area contributed by atoms with Crippen molar-refractivity contribution >= 4 is 23.2 Å². The molecule has 0 atom stereocenters. The van der Waals surface area contributed by atoms with Gasteiger partial charge in [0.2, 0.25) is 5.91 Å². The highest BCUT2D eigenvalue weighted by Crippen LogP contribution is 2.18. The number of amides is 2. The van der Waals surface area contributed by atoms with Crippen LogP contribution in [0.3, 0.4) is 0 Å². The first kappa shape index (κ1) is 17.6. The molecule has 1 aliphatic rings. The predicted octanol–water partition coefficient (Wildman–Crippen LogP) is 1.97. The lowest BCUT2D eigenvalue weighted by Gasteiger charge is -2.22. The number of carbonyl (C=O) groups excluding carboxylic acids is 2. The molecule has 0 radical (unpaired) electrons. The van der Waals surface area contributed by atoms with Crippen molar-refractivity contribution in [3.8, 4) is 0 Å². The summed E-state index contributed by atoms with van der Waals surface area (Å²) in [5, 5.41) is 3.90. The third-order valence-corrected chi connectivity index (χ3v) is 5.50. The van der Waals surface area contributed by atoms with E-state index in [0.29, 0.717) is 43.2 Å². The fraction of sp³-hybridized carbons (Fsp3) is 0.529. The van der Waals surface area contributed by atoms with Crippen LogP contribution in [-0.2, 0) is 11.2 Å². The lowest BCUT2D eigenvalue weighted by molar-refractivity contribution is -0.130. The molecule has 2 amide bonds. The van der Waals surface area contributed by atoms with Crippen LogP contribution in [0.5, 0.6) is 0 Å². The van der Waals surface area contributed by atoms with E-state index in [1.165, 1.54) is 11.3 Å². The van der Waals surface area contributed by atoms with Gasteiger partial charge in [0.25, 0.3) is 5.91 Å². The van der Waals surface area contributed by atoms with Crippen molar-refractivity contribution < 1.29 is 14.1 Å². The fourth-order valence-corrected chi connectivity index (χ4v) is 3.81. The van der Waals surface area contributed by atoms with Crippen molar-refractivity contribution in [2.75, 3.05) is 26.2 Å². The van der Waals surface area contributed by atoms with Crippen LogP contribution in [-0.4, -0.2) is 57.9 Å². The van der Waals surface area contributed by atoms with Gasteiger partial charge in [0.15, 0.2) is 0 Å². The molecule has 3 heterocycles. The summed E-state index contributed by atoms with van der Waals surface area (Å²) in [6, 6.07) is 0. The molecule has 0 aromatic carbocycles. The minimum atomic E-state index is 0.0139. The Kier molecular flexibility index (Phi) is 5.17. The smallest absolute Gasteiger partial charge is 0.265 e. The lowest BCUT2D eigenvalue weighted by atomic mass is 10.1. The van der Waals surface area contributed by atoms with Crippen molar-refractivity contribution in [1.82, 2.24) is 19.9 Å². The van der Waals surface area contributed by atoms with E-state index in [0.717, 1.165) is 23.4 Å². The van der Waals surface area contributed by atoms with Crippen LogP contribution in [0.1, 0.15) is 38.8 Å². The van der Waals surface area contributed by atoms with Gasteiger partial charge in [-0.25, -0.2) is 4.98 Å². The van der Waals surface area contributed by atoms with Crippen LogP contribution in [0.4, 0.5) is 0 Å². The van der Waals surface area contributed by atoms with Gasteiger partial charge < -0.3 is 14.3 Å². The topological polar surface area (TPSA) is 79.5 Å². The maximum atomic E-state index is 12.6. The highest BCUT2D eigenvalue weighted by atomic mass is 32.1. The highest BCUT2D eigenvalue weighted by Gasteiger charge is 2.25. The second-order valence-corrected chi connectivity index (χ2v) is 7.13. The highest BCUT2D eigenvalue weighted by molar-refractivity contribution is 7.11. The minimum Gasteiger partial charge on any atom is -0.361 e. The molecule has 8 heteroatoms. The molecular weight excluding hydrogens is 340 g/mol. The lowest BCUT2D eigenvalue weighted by Crippen LogP contribution is -2.38. The van der Waals surface area contributed by atoms with E-state index in [2.05, 4.69) is 10.1 Å². The van der Waals surface area contributed by atoms with E-state index in [1.54, 1.807) is 5.51 Å². The summed E-state index contributed by atoms with van der Waals surface area (Å²) in [7, 11) is 0. The first-order valence-corrected chi connectivity index (χ1v) is 9.24. The van der Waals surface area contributed by atoms with Crippen molar-refractivity contribution in [2.24, 2.45) is 0 Å². The SMILES string of the molecule is Cc1ncsc1C(=O)N1CCCN(C(=O)Cc2c(C)noc2C)CC1. The van der Waals surface area contributed by atoms with Crippen LogP contribution < -0.4 is 0 Å². The van der Waals surface area contributed by atoms with Crippen molar-refractivity contribution in [1.29, 1.82) is 0 Å². The van der Waals surface area contributed by atoms with Gasteiger partial charge in [-0.3, -0.25) is 9.59 Å². The average Bonchev–Trinajstić information content (AvgIpc) is 3.04. The zero-order valence-corrected chi connectivity index (χ0v) is 15.6. The number of hydrogen-bond acceptors (Lipinski definition) is 6. The molecule has 0 spiro atoms. The van der Waals surface area contributed by atoms with Gasteiger partial charge >= 0.3 is 0 Å². The Morgan fingerprint density at radius 2 is 1.84 bits per heavy atom. The Morgan fingerprint density at radius 1 is 1.12 bits per heavy atom. The summed E-state index contributed by atoms with van der Waals surface area (Å²) < 4.78 is 5.13. The van der Waals surface area contributed by atoms with Crippen LogP contribution in [0.25, 0.3) is 0 Å². The molecule has 0 unspecified atom stereocenters. The van der Waals surface area contributed by atoms with Crippen LogP contribution in [0.2, 0.25) is 0 Å². The maximum Gasteiger partial charge on any atom is 0.265 e. The van der Waals surface area contributed by atoms with E-state index in [-0.39, 0.29) is 11.8 Å². The van der Waals surface area contributed by atoms with E-state index in [1.807, 2.05) is 30.6 Å². The number of thiazole rings is 1. The number of nitrogens with zero attached hydrogens (tertiary/aromatic N) is 4. The Bertz CT molecular complexity index is 763. The summed E-state index contributed by atoms with van der Waals surface area (Å²) in [5.41, 5.74) is 4.09. The zero-order chi connectivity index (χ0) is 18.0. The van der Waals surface area contributed by atoms with E-state index < -0.39 is 0 Å². The first-order chi connectivity index (χ1) is 12.0. The van der Waals surface area contributed by atoms with Crippen LogP contribution in [0.15, 0.2) is 10.0 Å². The summed E-state index contributed by atoms with van der Waals surface area (Å²) >= 11 is 1.37. The molecule has 0 aliphatic carbocycles. The summed E-state index contributed by atoms with van der Waals surface area (Å²) in [4.78, 5) is 33.8. The molecule has 1 aliphatic heterocycles. The van der Waals surface area contributed by atoms with E-state index >= 15 is 0 Å². The Hall–Kier alpha value is -2.22. The fourth-order valence-electron chi connectivity index (χ4n) is 3.04. The molecule has 25 heavy (non-hydrogen) atoms. The number of aryl methyl sites for hydroxylation is 3. The van der Waals surface area contributed by atoms with Crippen molar-refractivity contribution in [3.05, 3.63) is 33.1 Å². The maximum absolute atomic E-state index is 12.6. The Morgan fingerprint density at radius 3 is 2.48 bits per heavy atom. The van der Waals surface area contributed by atoms with Crippen molar-refractivity contribution in [3.63, 3.8) is 0 Å². The van der Waals surface area contributed by atoms with Gasteiger partial charge in [0, 0.05) is 31.7 Å². The molecule has 2 aromatic heterocycles.